The van der Waals surface area contributed by atoms with E-state index in [0.29, 0.717) is 17.7 Å². The monoisotopic (exact) mass is 347 g/mol. The van der Waals surface area contributed by atoms with Gasteiger partial charge in [0.15, 0.2) is 6.61 Å². The van der Waals surface area contributed by atoms with Gasteiger partial charge in [-0.25, -0.2) is 4.79 Å². The number of esters is 1. The third-order valence-electron chi connectivity index (χ3n) is 3.37. The van der Waals surface area contributed by atoms with Gasteiger partial charge in [0.05, 0.1) is 17.5 Å². The number of fused-ring (bicyclic) bond motifs is 1. The molecular weight excluding hydrogens is 330 g/mol. The van der Waals surface area contributed by atoms with Crippen molar-refractivity contribution in [3.05, 3.63) is 35.4 Å². The number of hydrogen-bond donors (Lipinski definition) is 2. The summed E-state index contributed by atoms with van der Waals surface area (Å²) < 4.78 is 4.71. The lowest BCUT2D eigenvalue weighted by molar-refractivity contribution is -0.148. The third-order valence-corrected chi connectivity index (χ3v) is 3.37. The van der Waals surface area contributed by atoms with Gasteiger partial charge in [-0.15, -0.1) is 0 Å². The van der Waals surface area contributed by atoms with Crippen LogP contribution in [0.15, 0.2) is 24.3 Å². The van der Waals surface area contributed by atoms with E-state index in [2.05, 4.69) is 5.32 Å². The first-order chi connectivity index (χ1) is 11.9. The number of hydrogen-bond acceptors (Lipinski definition) is 6. The molecule has 2 rings (SSSR count). The van der Waals surface area contributed by atoms with E-state index in [1.165, 1.54) is 0 Å². The molecule has 0 spiro atoms. The lowest BCUT2D eigenvalue weighted by atomic mass is 10.1. The zero-order valence-corrected chi connectivity index (χ0v) is 13.5. The van der Waals surface area contributed by atoms with E-state index in [4.69, 9.17) is 4.74 Å². The summed E-state index contributed by atoms with van der Waals surface area (Å²) in [6.45, 7) is 1.25. The zero-order valence-electron chi connectivity index (χ0n) is 13.5. The van der Waals surface area contributed by atoms with Crippen LogP contribution in [-0.4, -0.2) is 54.3 Å². The molecule has 0 atom stereocenters. The van der Waals surface area contributed by atoms with E-state index >= 15 is 0 Å². The summed E-state index contributed by atoms with van der Waals surface area (Å²) in [5, 5.41) is 4.33. The molecule has 1 heterocycles. The molecule has 25 heavy (non-hydrogen) atoms. The number of benzene rings is 1. The Morgan fingerprint density at radius 3 is 2.24 bits per heavy atom. The Balaban J connectivity index is 1.78. The number of carbonyl (C=O) groups is 5. The molecular formula is C16H17N3O6. The standard InChI is InChI=1S/C16H17N3O6/c1-2-17-16(24)18-12(20)9-25-13(21)7-8-19-14(22)10-5-3-4-6-11(10)15(19)23/h3-6H,2,7-9H2,1H3,(H2,17,18,20,24). The summed E-state index contributed by atoms with van der Waals surface area (Å²) in [5.41, 5.74) is 0.587. The van der Waals surface area contributed by atoms with Crippen LogP contribution in [0.3, 0.4) is 0 Å². The first kappa shape index (κ1) is 18.1. The number of imide groups is 2. The normalized spacial score (nSPS) is 12.6. The molecule has 1 aliphatic rings. The van der Waals surface area contributed by atoms with Gasteiger partial charge in [0.1, 0.15) is 0 Å². The molecule has 0 fully saturated rings. The highest BCUT2D eigenvalue weighted by Gasteiger charge is 2.35. The fraction of sp³-hybridized carbons (Fsp3) is 0.312. The van der Waals surface area contributed by atoms with Crippen molar-refractivity contribution in [2.45, 2.75) is 13.3 Å². The highest BCUT2D eigenvalue weighted by atomic mass is 16.5. The van der Waals surface area contributed by atoms with Crippen LogP contribution in [0.2, 0.25) is 0 Å². The van der Waals surface area contributed by atoms with Crippen LogP contribution < -0.4 is 10.6 Å². The van der Waals surface area contributed by atoms with Crippen molar-refractivity contribution >= 4 is 29.7 Å². The smallest absolute Gasteiger partial charge is 0.321 e. The van der Waals surface area contributed by atoms with Crippen molar-refractivity contribution in [3.8, 4) is 0 Å². The molecule has 0 aliphatic carbocycles. The molecule has 1 aliphatic heterocycles. The summed E-state index contributed by atoms with van der Waals surface area (Å²) in [6, 6.07) is 5.69. The zero-order chi connectivity index (χ0) is 18.4. The SMILES string of the molecule is CCNC(=O)NC(=O)COC(=O)CCN1C(=O)c2ccccc2C1=O. The van der Waals surface area contributed by atoms with Crippen LogP contribution in [0, 0.1) is 0 Å². The summed E-state index contributed by atoms with van der Waals surface area (Å²) in [4.78, 5) is 59.3. The molecule has 1 aromatic carbocycles. The lowest BCUT2D eigenvalue weighted by Crippen LogP contribution is -2.41. The number of rotatable bonds is 6. The second kappa shape index (κ2) is 8.04. The second-order valence-electron chi connectivity index (χ2n) is 5.13. The van der Waals surface area contributed by atoms with Gasteiger partial charge in [-0.05, 0) is 19.1 Å². The predicted octanol–water partition coefficient (Wildman–Crippen LogP) is 0.0616. The van der Waals surface area contributed by atoms with Gasteiger partial charge in [-0.2, -0.15) is 0 Å². The Labute approximate surface area is 143 Å². The van der Waals surface area contributed by atoms with Gasteiger partial charge in [-0.3, -0.25) is 29.4 Å². The number of ether oxygens (including phenoxy) is 1. The average Bonchev–Trinajstić information content (AvgIpc) is 2.83. The van der Waals surface area contributed by atoms with Crippen LogP contribution in [0.25, 0.3) is 0 Å². The Morgan fingerprint density at radius 2 is 1.68 bits per heavy atom. The highest BCUT2D eigenvalue weighted by molar-refractivity contribution is 6.21. The topological polar surface area (TPSA) is 122 Å². The first-order valence-electron chi connectivity index (χ1n) is 7.62. The summed E-state index contributed by atoms with van der Waals surface area (Å²) in [5.74, 6) is -2.48. The van der Waals surface area contributed by atoms with E-state index in [9.17, 15) is 24.0 Å². The maximum atomic E-state index is 12.1. The van der Waals surface area contributed by atoms with Crippen molar-refractivity contribution in [2.75, 3.05) is 19.7 Å². The van der Waals surface area contributed by atoms with E-state index in [-0.39, 0.29) is 13.0 Å². The molecule has 9 nitrogen and oxygen atoms in total. The minimum Gasteiger partial charge on any atom is -0.456 e. The molecule has 2 N–H and O–H groups in total. The van der Waals surface area contributed by atoms with Crippen LogP contribution in [0.1, 0.15) is 34.1 Å². The van der Waals surface area contributed by atoms with Gasteiger partial charge < -0.3 is 10.1 Å². The number of nitrogens with one attached hydrogen (secondary N) is 2. The van der Waals surface area contributed by atoms with Gasteiger partial charge in [0, 0.05) is 13.1 Å². The molecule has 132 valence electrons. The average molecular weight is 347 g/mol. The van der Waals surface area contributed by atoms with E-state index in [1.807, 2.05) is 5.32 Å². The van der Waals surface area contributed by atoms with Gasteiger partial charge in [0.2, 0.25) is 0 Å². The van der Waals surface area contributed by atoms with Crippen LogP contribution in [0.5, 0.6) is 0 Å². The van der Waals surface area contributed by atoms with E-state index < -0.39 is 36.3 Å². The molecule has 0 aromatic heterocycles. The molecule has 0 saturated carbocycles. The van der Waals surface area contributed by atoms with Gasteiger partial charge in [-0.1, -0.05) is 12.1 Å². The van der Waals surface area contributed by atoms with Crippen molar-refractivity contribution in [3.63, 3.8) is 0 Å². The highest BCUT2D eigenvalue weighted by Crippen LogP contribution is 2.22. The largest absolute Gasteiger partial charge is 0.456 e. The maximum absolute atomic E-state index is 12.1. The van der Waals surface area contributed by atoms with E-state index in [0.717, 1.165) is 4.90 Å². The van der Waals surface area contributed by atoms with Crippen molar-refractivity contribution in [1.82, 2.24) is 15.5 Å². The van der Waals surface area contributed by atoms with Gasteiger partial charge in [0.25, 0.3) is 17.7 Å². The molecule has 0 bridgehead atoms. The number of nitrogens with zero attached hydrogens (tertiary/aromatic N) is 1. The lowest BCUT2D eigenvalue weighted by Gasteiger charge is -2.13. The number of amides is 5. The fourth-order valence-electron chi connectivity index (χ4n) is 2.23. The van der Waals surface area contributed by atoms with Crippen molar-refractivity contribution in [1.29, 1.82) is 0 Å². The summed E-state index contributed by atoms with van der Waals surface area (Å²) >= 11 is 0. The number of urea groups is 1. The third kappa shape index (κ3) is 4.40. The maximum Gasteiger partial charge on any atom is 0.321 e. The van der Waals surface area contributed by atoms with Gasteiger partial charge >= 0.3 is 12.0 Å². The Hall–Kier alpha value is -3.23. The molecule has 9 heteroatoms. The fourth-order valence-corrected chi connectivity index (χ4v) is 2.23. The van der Waals surface area contributed by atoms with Crippen LogP contribution >= 0.6 is 0 Å². The Morgan fingerprint density at radius 1 is 1.08 bits per heavy atom. The molecule has 0 saturated heterocycles. The van der Waals surface area contributed by atoms with E-state index in [1.54, 1.807) is 31.2 Å². The first-order valence-corrected chi connectivity index (χ1v) is 7.62. The second-order valence-corrected chi connectivity index (χ2v) is 5.13. The summed E-state index contributed by atoms with van der Waals surface area (Å²) in [7, 11) is 0. The minimum atomic E-state index is -0.778. The molecule has 0 radical (unpaired) electrons. The Kier molecular flexibility index (Phi) is 5.83. The molecule has 5 amide bonds. The van der Waals surface area contributed by atoms with Crippen LogP contribution in [0.4, 0.5) is 4.79 Å². The predicted molar refractivity (Wildman–Crippen MR) is 84.6 cm³/mol. The van der Waals surface area contributed by atoms with Crippen molar-refractivity contribution in [2.24, 2.45) is 0 Å². The molecule has 1 aromatic rings. The van der Waals surface area contributed by atoms with Crippen molar-refractivity contribution < 1.29 is 28.7 Å². The van der Waals surface area contributed by atoms with Crippen LogP contribution in [-0.2, 0) is 14.3 Å². The Bertz CT molecular complexity index is 695. The number of carbonyl (C=O) groups excluding carboxylic acids is 5. The quantitative estimate of drug-likeness (QED) is 0.554. The summed E-state index contributed by atoms with van der Waals surface area (Å²) in [6.07, 6.45) is -0.250. The minimum absolute atomic E-state index is 0.150. The molecule has 0 unspecified atom stereocenters.